The van der Waals surface area contributed by atoms with Gasteiger partial charge in [0, 0.05) is 32.1 Å². The summed E-state index contributed by atoms with van der Waals surface area (Å²) in [4.78, 5) is 14.9. The minimum atomic E-state index is -4.99. The summed E-state index contributed by atoms with van der Waals surface area (Å²) in [6.07, 6.45) is -8.08. The van der Waals surface area contributed by atoms with Crippen LogP contribution >= 0.6 is 0 Å². The van der Waals surface area contributed by atoms with Crippen molar-refractivity contribution in [2.24, 2.45) is 5.92 Å². The Balaban J connectivity index is 1.49. The zero-order valence-electron chi connectivity index (χ0n) is 21.6. The molecule has 2 unspecified atom stereocenters. The molecule has 0 saturated carbocycles. The first-order valence-corrected chi connectivity index (χ1v) is 13.1. The fourth-order valence-electron chi connectivity index (χ4n) is 5.99. The molecule has 11 heteroatoms. The Morgan fingerprint density at radius 3 is 2.12 bits per heavy atom. The highest BCUT2D eigenvalue weighted by atomic mass is 19.4. The van der Waals surface area contributed by atoms with E-state index >= 15 is 0 Å². The smallest absolute Gasteiger partial charge is 0.381 e. The molecule has 0 radical (unpaired) electrons. The average Bonchev–Trinajstić information content (AvgIpc) is 3.26. The first-order valence-electron chi connectivity index (χ1n) is 13.1. The molecule has 3 aliphatic rings. The first-order chi connectivity index (χ1) is 18.8. The lowest BCUT2D eigenvalue weighted by atomic mass is 9.82. The van der Waals surface area contributed by atoms with Crippen molar-refractivity contribution >= 4 is 5.91 Å². The van der Waals surface area contributed by atoms with Gasteiger partial charge in [0.1, 0.15) is 5.82 Å². The monoisotopic (exact) mass is 571 g/mol. The van der Waals surface area contributed by atoms with Gasteiger partial charge in [0.25, 0.3) is 0 Å². The quantitative estimate of drug-likeness (QED) is 0.285. The average molecular weight is 572 g/mol. The topological polar surface area (TPSA) is 38.8 Å². The van der Waals surface area contributed by atoms with Crippen molar-refractivity contribution in [3.8, 4) is 0 Å². The molecular weight excluding hydrogens is 543 g/mol. The minimum absolute atomic E-state index is 0.0780. The third-order valence-corrected chi connectivity index (χ3v) is 8.02. The van der Waals surface area contributed by atoms with Crippen LogP contribution in [0.2, 0.25) is 0 Å². The third kappa shape index (κ3) is 5.90. The molecule has 0 aliphatic carbocycles. The molecule has 0 N–H and O–H groups in total. The van der Waals surface area contributed by atoms with Gasteiger partial charge in [-0.05, 0) is 67.1 Å². The molecule has 4 atom stereocenters. The molecule has 4 nitrogen and oxygen atoms in total. The lowest BCUT2D eigenvalue weighted by molar-refractivity contribution is -0.143. The van der Waals surface area contributed by atoms with Crippen LogP contribution in [0, 0.1) is 11.7 Å². The van der Waals surface area contributed by atoms with Crippen LogP contribution in [0.1, 0.15) is 60.5 Å². The van der Waals surface area contributed by atoms with E-state index in [2.05, 4.69) is 0 Å². The normalized spacial score (nSPS) is 25.1. The maximum absolute atomic E-state index is 13.8. The number of amides is 1. The number of rotatable bonds is 5. The van der Waals surface area contributed by atoms with Gasteiger partial charge in [0.2, 0.25) is 5.91 Å². The predicted octanol–water partition coefficient (Wildman–Crippen LogP) is 7.06. The van der Waals surface area contributed by atoms with E-state index in [0.29, 0.717) is 30.9 Å². The van der Waals surface area contributed by atoms with Crippen molar-refractivity contribution in [3.63, 3.8) is 0 Å². The van der Waals surface area contributed by atoms with Gasteiger partial charge in [-0.15, -0.1) is 0 Å². The molecule has 5 rings (SSSR count). The number of benzene rings is 2. The largest absolute Gasteiger partial charge is 0.416 e. The molecule has 2 fully saturated rings. The molecule has 40 heavy (non-hydrogen) atoms. The summed E-state index contributed by atoms with van der Waals surface area (Å²) >= 11 is 0. The lowest BCUT2D eigenvalue weighted by Crippen LogP contribution is -2.41. The summed E-state index contributed by atoms with van der Waals surface area (Å²) in [6.45, 7) is 2.66. The van der Waals surface area contributed by atoms with Gasteiger partial charge in [0.15, 0.2) is 0 Å². The number of hydrogen-bond acceptors (Lipinski definition) is 3. The van der Waals surface area contributed by atoms with E-state index in [1.807, 2.05) is 6.08 Å². The standard InChI is InChI=1S/C29H28F7NO3/c1-16(19-10-21(28(31,32)33)14-22(11-19)29(34,35)36)40-25-15-37-24(27(25)18-2-4-23(30)5-3-18)12-20(13-26(37)38)17-6-8-39-9-7-17/h2-5,10-12,14,16-17,24-25,27H,6-9,13,15H2,1H3/t16-,24?,25?,27+/m1/s1. The van der Waals surface area contributed by atoms with Crippen LogP contribution in [0.25, 0.3) is 0 Å². The Labute approximate surface area is 226 Å². The molecule has 0 spiro atoms. The Hall–Kier alpha value is -2.92. The highest BCUT2D eigenvalue weighted by Gasteiger charge is 2.48. The maximum Gasteiger partial charge on any atom is 0.416 e. The second-order valence-corrected chi connectivity index (χ2v) is 10.6. The number of ether oxygens (including phenoxy) is 2. The van der Waals surface area contributed by atoms with Crippen LogP contribution < -0.4 is 0 Å². The molecule has 0 bridgehead atoms. The minimum Gasteiger partial charge on any atom is -0.381 e. The van der Waals surface area contributed by atoms with Crippen molar-refractivity contribution in [1.82, 2.24) is 4.90 Å². The number of nitrogens with zero attached hydrogens (tertiary/aromatic N) is 1. The van der Waals surface area contributed by atoms with Gasteiger partial charge >= 0.3 is 12.4 Å². The Kier molecular flexibility index (Phi) is 7.73. The third-order valence-electron chi connectivity index (χ3n) is 8.02. The van der Waals surface area contributed by atoms with Crippen molar-refractivity contribution in [2.75, 3.05) is 19.8 Å². The fourth-order valence-corrected chi connectivity index (χ4v) is 5.99. The summed E-state index contributed by atoms with van der Waals surface area (Å²) in [5.74, 6) is -0.918. The van der Waals surface area contributed by atoms with E-state index in [1.165, 1.54) is 19.1 Å². The van der Waals surface area contributed by atoms with Crippen LogP contribution in [-0.2, 0) is 26.6 Å². The van der Waals surface area contributed by atoms with Crippen LogP contribution in [0.15, 0.2) is 54.1 Å². The molecule has 216 valence electrons. The number of carbonyl (C=O) groups excluding carboxylic acids is 1. The summed E-state index contributed by atoms with van der Waals surface area (Å²) < 4.78 is 106. The highest BCUT2D eigenvalue weighted by molar-refractivity contribution is 5.81. The molecule has 3 aliphatic heterocycles. The van der Waals surface area contributed by atoms with Gasteiger partial charge in [0.05, 0.1) is 29.4 Å². The summed E-state index contributed by atoms with van der Waals surface area (Å²) in [7, 11) is 0. The van der Waals surface area contributed by atoms with E-state index in [1.54, 1.807) is 17.0 Å². The lowest BCUT2D eigenvalue weighted by Gasteiger charge is -2.35. The number of hydrogen-bond donors (Lipinski definition) is 0. The summed E-state index contributed by atoms with van der Waals surface area (Å²) in [5.41, 5.74) is -1.49. The first kappa shape index (κ1) is 28.6. The zero-order chi connectivity index (χ0) is 28.8. The van der Waals surface area contributed by atoms with Crippen LogP contribution in [0.3, 0.4) is 0 Å². The SMILES string of the molecule is C[C@@H](OC1CN2C(=O)CC(C3CCOCC3)=CC2[C@@H]1c1ccc(F)cc1)c1cc(C(F)(F)F)cc(C(F)(F)F)c1. The van der Waals surface area contributed by atoms with Crippen molar-refractivity contribution < 1.29 is 45.0 Å². The number of fused-ring (bicyclic) bond motifs is 1. The molecular formula is C29H28F7NO3. The summed E-state index contributed by atoms with van der Waals surface area (Å²) in [5, 5.41) is 0. The predicted molar refractivity (Wildman–Crippen MR) is 131 cm³/mol. The highest BCUT2D eigenvalue weighted by Crippen LogP contribution is 2.44. The molecule has 3 heterocycles. The van der Waals surface area contributed by atoms with Crippen molar-refractivity contribution in [2.45, 2.75) is 62.7 Å². The van der Waals surface area contributed by atoms with Crippen LogP contribution in [0.5, 0.6) is 0 Å². The van der Waals surface area contributed by atoms with Gasteiger partial charge in [-0.1, -0.05) is 23.8 Å². The second-order valence-electron chi connectivity index (χ2n) is 10.6. The van der Waals surface area contributed by atoms with Gasteiger partial charge in [-0.2, -0.15) is 26.3 Å². The fraction of sp³-hybridized carbons (Fsp3) is 0.483. The van der Waals surface area contributed by atoms with E-state index in [9.17, 15) is 35.5 Å². The molecule has 2 aromatic rings. The number of alkyl halides is 6. The van der Waals surface area contributed by atoms with E-state index in [-0.39, 0.29) is 36.4 Å². The van der Waals surface area contributed by atoms with Gasteiger partial charge < -0.3 is 14.4 Å². The maximum atomic E-state index is 13.8. The molecule has 1 amide bonds. The molecule has 0 aromatic heterocycles. The molecule has 2 aromatic carbocycles. The number of carbonyl (C=O) groups is 1. The Morgan fingerprint density at radius 2 is 1.55 bits per heavy atom. The van der Waals surface area contributed by atoms with Crippen molar-refractivity contribution in [1.29, 1.82) is 0 Å². The second kappa shape index (κ2) is 10.8. The van der Waals surface area contributed by atoms with Gasteiger partial charge in [-0.3, -0.25) is 4.79 Å². The number of halogens is 7. The van der Waals surface area contributed by atoms with E-state index in [4.69, 9.17) is 9.47 Å². The van der Waals surface area contributed by atoms with E-state index < -0.39 is 53.5 Å². The van der Waals surface area contributed by atoms with Gasteiger partial charge in [-0.25, -0.2) is 4.39 Å². The van der Waals surface area contributed by atoms with Crippen molar-refractivity contribution in [3.05, 3.63) is 82.2 Å². The Morgan fingerprint density at radius 1 is 0.950 bits per heavy atom. The molecule has 2 saturated heterocycles. The zero-order valence-corrected chi connectivity index (χ0v) is 21.6. The Bertz CT molecular complexity index is 1230. The summed E-state index contributed by atoms with van der Waals surface area (Å²) in [6, 6.07) is 6.62. The van der Waals surface area contributed by atoms with Crippen LogP contribution in [-0.4, -0.2) is 42.7 Å². The van der Waals surface area contributed by atoms with Crippen LogP contribution in [0.4, 0.5) is 30.7 Å². The van der Waals surface area contributed by atoms with E-state index in [0.717, 1.165) is 18.4 Å².